The number of pyridine rings is 1. The zero-order valence-electron chi connectivity index (χ0n) is 14.3. The van der Waals surface area contributed by atoms with Crippen LogP contribution in [0.3, 0.4) is 0 Å². The predicted octanol–water partition coefficient (Wildman–Crippen LogP) is 4.72. The Labute approximate surface area is 159 Å². The minimum absolute atomic E-state index is 0.000893. The molecule has 0 radical (unpaired) electrons. The number of benzene rings is 3. The predicted molar refractivity (Wildman–Crippen MR) is 101 cm³/mol. The van der Waals surface area contributed by atoms with Crippen molar-refractivity contribution in [3.8, 4) is 16.9 Å². The van der Waals surface area contributed by atoms with Crippen LogP contribution in [0.2, 0.25) is 0 Å². The zero-order chi connectivity index (χ0) is 19.9. The molecule has 0 aliphatic heterocycles. The van der Waals surface area contributed by atoms with Crippen LogP contribution in [0, 0.1) is 11.6 Å². The summed E-state index contributed by atoms with van der Waals surface area (Å²) in [6.07, 6.45) is 1.06. The quantitative estimate of drug-likeness (QED) is 0.543. The Kier molecular flexibility index (Phi) is 4.31. The van der Waals surface area contributed by atoms with Gasteiger partial charge in [0.2, 0.25) is 9.84 Å². The summed E-state index contributed by atoms with van der Waals surface area (Å²) in [6, 6.07) is 14.8. The molecule has 0 bridgehead atoms. The highest BCUT2D eigenvalue weighted by atomic mass is 32.2. The molecule has 0 saturated carbocycles. The van der Waals surface area contributed by atoms with Gasteiger partial charge in [0.1, 0.15) is 22.9 Å². The van der Waals surface area contributed by atoms with Crippen LogP contribution in [0.4, 0.5) is 8.78 Å². The van der Waals surface area contributed by atoms with Crippen LogP contribution >= 0.6 is 0 Å². The van der Waals surface area contributed by atoms with Gasteiger partial charge in [-0.3, -0.25) is 4.98 Å². The monoisotopic (exact) mass is 397 g/mol. The second kappa shape index (κ2) is 6.69. The van der Waals surface area contributed by atoms with Gasteiger partial charge < -0.3 is 5.11 Å². The van der Waals surface area contributed by atoms with Crippen molar-refractivity contribution >= 4 is 20.7 Å². The summed E-state index contributed by atoms with van der Waals surface area (Å²) in [5, 5.41) is 10.1. The number of aromatic nitrogens is 1. The molecule has 1 aromatic heterocycles. The van der Waals surface area contributed by atoms with Crippen LogP contribution in [0.25, 0.3) is 22.0 Å². The summed E-state index contributed by atoms with van der Waals surface area (Å²) in [5.74, 6) is -1.37. The van der Waals surface area contributed by atoms with Gasteiger partial charge in [-0.2, -0.15) is 0 Å². The van der Waals surface area contributed by atoms with Gasteiger partial charge in [-0.1, -0.05) is 30.3 Å². The average molecular weight is 397 g/mol. The lowest BCUT2D eigenvalue weighted by Gasteiger charge is -2.14. The molecule has 140 valence electrons. The summed E-state index contributed by atoms with van der Waals surface area (Å²) < 4.78 is 54.3. The number of phenolic OH excluding ortho intramolecular Hbond substituents is 1. The third kappa shape index (κ3) is 2.99. The fourth-order valence-corrected chi connectivity index (χ4v) is 4.56. The molecule has 0 amide bonds. The van der Waals surface area contributed by atoms with E-state index in [-0.39, 0.29) is 32.0 Å². The van der Waals surface area contributed by atoms with Crippen molar-refractivity contribution in [1.29, 1.82) is 0 Å². The summed E-state index contributed by atoms with van der Waals surface area (Å²) >= 11 is 0. The first-order chi connectivity index (χ1) is 13.4. The van der Waals surface area contributed by atoms with E-state index in [1.165, 1.54) is 36.4 Å². The topological polar surface area (TPSA) is 67.3 Å². The lowest BCUT2D eigenvalue weighted by molar-refractivity contribution is 0.475. The first-order valence-electron chi connectivity index (χ1n) is 8.25. The van der Waals surface area contributed by atoms with E-state index in [9.17, 15) is 22.3 Å². The number of fused-ring (bicyclic) bond motifs is 1. The van der Waals surface area contributed by atoms with Crippen LogP contribution in [-0.4, -0.2) is 18.5 Å². The summed E-state index contributed by atoms with van der Waals surface area (Å²) in [4.78, 5) is 3.54. The van der Waals surface area contributed by atoms with Crippen molar-refractivity contribution in [2.75, 3.05) is 0 Å². The molecule has 0 aliphatic carbocycles. The molecular weight excluding hydrogens is 384 g/mol. The Hall–Kier alpha value is -3.32. The number of nitrogens with zero attached hydrogens (tertiary/aromatic N) is 1. The van der Waals surface area contributed by atoms with Crippen LogP contribution in [-0.2, 0) is 9.84 Å². The molecule has 4 rings (SSSR count). The van der Waals surface area contributed by atoms with Gasteiger partial charge >= 0.3 is 0 Å². The molecule has 28 heavy (non-hydrogen) atoms. The lowest BCUT2D eigenvalue weighted by Crippen LogP contribution is -2.06. The van der Waals surface area contributed by atoms with E-state index in [0.29, 0.717) is 5.56 Å². The van der Waals surface area contributed by atoms with E-state index < -0.39 is 21.5 Å². The smallest absolute Gasteiger partial charge is 0.208 e. The van der Waals surface area contributed by atoms with Gasteiger partial charge in [0.15, 0.2) is 0 Å². The fourth-order valence-electron chi connectivity index (χ4n) is 3.09. The number of hydrogen-bond donors (Lipinski definition) is 1. The second-order valence-corrected chi connectivity index (χ2v) is 8.06. The molecule has 7 heteroatoms. The maximum Gasteiger partial charge on any atom is 0.208 e. The third-order valence-electron chi connectivity index (χ3n) is 4.34. The number of para-hydroxylation sites is 1. The number of halogens is 2. The van der Waals surface area contributed by atoms with Crippen molar-refractivity contribution in [1.82, 2.24) is 4.98 Å². The van der Waals surface area contributed by atoms with Crippen molar-refractivity contribution in [2.45, 2.75) is 9.79 Å². The fraction of sp³-hybridized carbons (Fsp3) is 0. The lowest BCUT2D eigenvalue weighted by atomic mass is 10.0. The molecule has 0 aliphatic rings. The van der Waals surface area contributed by atoms with Gasteiger partial charge in [0, 0.05) is 17.1 Å². The summed E-state index contributed by atoms with van der Waals surface area (Å²) in [7, 11) is -4.16. The SMILES string of the molecule is O=S(=O)(c1cccc(F)c1)c1cnc2c(F)cccc2c1-c1cccc(O)c1. The number of sulfone groups is 1. The Morgan fingerprint density at radius 3 is 2.39 bits per heavy atom. The van der Waals surface area contributed by atoms with Crippen molar-refractivity contribution in [3.63, 3.8) is 0 Å². The van der Waals surface area contributed by atoms with E-state index in [1.54, 1.807) is 18.2 Å². The highest BCUT2D eigenvalue weighted by Crippen LogP contribution is 2.38. The Morgan fingerprint density at radius 1 is 0.893 bits per heavy atom. The van der Waals surface area contributed by atoms with E-state index >= 15 is 0 Å². The van der Waals surface area contributed by atoms with Crippen LogP contribution < -0.4 is 0 Å². The molecule has 3 aromatic carbocycles. The van der Waals surface area contributed by atoms with Crippen LogP contribution in [0.15, 0.2) is 82.7 Å². The molecule has 1 N–H and O–H groups in total. The molecule has 0 saturated heterocycles. The average Bonchev–Trinajstić information content (AvgIpc) is 2.67. The van der Waals surface area contributed by atoms with Crippen LogP contribution in [0.5, 0.6) is 5.75 Å². The number of phenols is 1. The standard InChI is InChI=1S/C21H13F2NO3S/c22-14-5-2-7-16(11-14)28(26,27)19-12-24-21-17(8-3-9-18(21)23)20(19)13-4-1-6-15(25)10-13/h1-12,25H. The van der Waals surface area contributed by atoms with E-state index in [2.05, 4.69) is 4.98 Å². The first kappa shape index (κ1) is 18.1. The van der Waals surface area contributed by atoms with Crippen molar-refractivity contribution < 1.29 is 22.3 Å². The highest BCUT2D eigenvalue weighted by molar-refractivity contribution is 7.91. The molecule has 0 spiro atoms. The Bertz CT molecular complexity index is 1320. The van der Waals surface area contributed by atoms with Crippen LogP contribution in [0.1, 0.15) is 0 Å². The molecule has 0 atom stereocenters. The molecule has 0 unspecified atom stereocenters. The molecule has 1 heterocycles. The van der Waals surface area contributed by atoms with Gasteiger partial charge in [0.25, 0.3) is 0 Å². The normalized spacial score (nSPS) is 11.6. The van der Waals surface area contributed by atoms with Gasteiger partial charge in [-0.15, -0.1) is 0 Å². The molecule has 0 fully saturated rings. The maximum atomic E-state index is 14.3. The second-order valence-electron chi connectivity index (χ2n) is 6.14. The maximum absolute atomic E-state index is 14.3. The van der Waals surface area contributed by atoms with E-state index in [1.807, 2.05) is 0 Å². The Balaban J connectivity index is 2.11. The van der Waals surface area contributed by atoms with Crippen molar-refractivity contribution in [2.24, 2.45) is 0 Å². The Morgan fingerprint density at radius 2 is 1.64 bits per heavy atom. The molecule has 4 nitrogen and oxygen atoms in total. The highest BCUT2D eigenvalue weighted by Gasteiger charge is 2.25. The zero-order valence-corrected chi connectivity index (χ0v) is 15.1. The first-order valence-corrected chi connectivity index (χ1v) is 9.73. The number of rotatable bonds is 3. The van der Waals surface area contributed by atoms with Gasteiger partial charge in [0.05, 0.1) is 9.79 Å². The summed E-state index contributed by atoms with van der Waals surface area (Å²) in [6.45, 7) is 0. The molecule has 4 aromatic rings. The largest absolute Gasteiger partial charge is 0.508 e. The van der Waals surface area contributed by atoms with Crippen molar-refractivity contribution in [3.05, 3.63) is 84.6 Å². The van der Waals surface area contributed by atoms with Gasteiger partial charge in [-0.25, -0.2) is 17.2 Å². The summed E-state index contributed by atoms with van der Waals surface area (Å²) in [5.41, 5.74) is 0.552. The number of hydrogen-bond acceptors (Lipinski definition) is 4. The third-order valence-corrected chi connectivity index (χ3v) is 6.11. The number of aromatic hydroxyl groups is 1. The van der Waals surface area contributed by atoms with E-state index in [0.717, 1.165) is 18.3 Å². The minimum Gasteiger partial charge on any atom is -0.508 e. The van der Waals surface area contributed by atoms with Gasteiger partial charge in [-0.05, 0) is 42.0 Å². The van der Waals surface area contributed by atoms with E-state index in [4.69, 9.17) is 0 Å². The molecular formula is C21H13F2NO3S. The minimum atomic E-state index is -4.16.